The van der Waals surface area contributed by atoms with E-state index < -0.39 is 0 Å². The van der Waals surface area contributed by atoms with Gasteiger partial charge in [-0.05, 0) is 30.3 Å². The summed E-state index contributed by atoms with van der Waals surface area (Å²) in [5.41, 5.74) is 1.05. The molecule has 2 rings (SSSR count). The lowest BCUT2D eigenvalue weighted by molar-refractivity contribution is -0.116. The van der Waals surface area contributed by atoms with Crippen LogP contribution in [0.4, 0.5) is 5.69 Å². The van der Waals surface area contributed by atoms with Crippen LogP contribution in [0.5, 0.6) is 0 Å². The van der Waals surface area contributed by atoms with Crippen LogP contribution in [-0.4, -0.2) is 10.5 Å². The fourth-order valence-corrected chi connectivity index (χ4v) is 1.72. The summed E-state index contributed by atoms with van der Waals surface area (Å²) in [6.45, 7) is 0.335. The van der Waals surface area contributed by atoms with Gasteiger partial charge >= 0.3 is 0 Å². The number of nitrogens with zero attached hydrogens (tertiary/aromatic N) is 2. The minimum absolute atomic E-state index is 0.126. The smallest absolute Gasteiger partial charge is 0.250 e. The zero-order valence-corrected chi connectivity index (χ0v) is 10.7. The number of rotatable bonds is 4. The third-order valence-corrected chi connectivity index (χ3v) is 2.78. The Bertz CT molecular complexity index is 696. The molecule has 2 aromatic rings. The number of nitrogens with one attached hydrogen (secondary N) is 1. The Morgan fingerprint density at radius 1 is 1.20 bits per heavy atom. The van der Waals surface area contributed by atoms with Crippen LogP contribution in [0.25, 0.3) is 0 Å². The van der Waals surface area contributed by atoms with E-state index in [1.165, 1.54) is 10.6 Å². The van der Waals surface area contributed by atoms with Gasteiger partial charge in [0.05, 0.1) is 11.6 Å². The Hall–Kier alpha value is -2.87. The molecule has 0 fully saturated rings. The van der Waals surface area contributed by atoms with E-state index in [-0.39, 0.29) is 17.9 Å². The molecule has 100 valence electrons. The zero-order valence-electron chi connectivity index (χ0n) is 10.7. The van der Waals surface area contributed by atoms with Crippen molar-refractivity contribution in [3.05, 3.63) is 64.6 Å². The highest BCUT2D eigenvalue weighted by Gasteiger charge is 2.03. The summed E-state index contributed by atoms with van der Waals surface area (Å²) < 4.78 is 1.48. The fourth-order valence-electron chi connectivity index (χ4n) is 1.72. The third-order valence-electron chi connectivity index (χ3n) is 2.78. The first-order valence-electron chi connectivity index (χ1n) is 6.14. The second-order valence-corrected chi connectivity index (χ2v) is 4.22. The summed E-state index contributed by atoms with van der Waals surface area (Å²) in [5.74, 6) is -0.175. The van der Waals surface area contributed by atoms with Crippen molar-refractivity contribution in [2.24, 2.45) is 0 Å². The molecular weight excluding hydrogens is 254 g/mol. The van der Waals surface area contributed by atoms with Gasteiger partial charge in [-0.25, -0.2) is 0 Å². The minimum Gasteiger partial charge on any atom is -0.326 e. The second kappa shape index (κ2) is 6.34. The Morgan fingerprint density at radius 2 is 1.95 bits per heavy atom. The van der Waals surface area contributed by atoms with E-state index in [0.717, 1.165) is 0 Å². The van der Waals surface area contributed by atoms with Gasteiger partial charge in [-0.1, -0.05) is 6.07 Å². The van der Waals surface area contributed by atoms with Crippen molar-refractivity contribution in [1.29, 1.82) is 5.26 Å². The SMILES string of the molecule is N#Cc1ccc(NC(=O)CCn2ccccc2=O)cc1. The van der Waals surface area contributed by atoms with Crippen LogP contribution in [-0.2, 0) is 11.3 Å². The van der Waals surface area contributed by atoms with Crippen LogP contribution in [0.15, 0.2) is 53.5 Å². The first kappa shape index (κ1) is 13.6. The second-order valence-electron chi connectivity index (χ2n) is 4.22. The van der Waals surface area contributed by atoms with Crippen molar-refractivity contribution in [2.45, 2.75) is 13.0 Å². The van der Waals surface area contributed by atoms with Gasteiger partial charge in [-0.15, -0.1) is 0 Å². The van der Waals surface area contributed by atoms with E-state index in [2.05, 4.69) is 5.32 Å². The van der Waals surface area contributed by atoms with Gasteiger partial charge in [0, 0.05) is 30.9 Å². The number of hydrogen-bond donors (Lipinski definition) is 1. The summed E-state index contributed by atoms with van der Waals surface area (Å²) in [7, 11) is 0. The molecular formula is C15H13N3O2. The van der Waals surface area contributed by atoms with Gasteiger partial charge in [0.15, 0.2) is 0 Å². The van der Waals surface area contributed by atoms with Gasteiger partial charge in [0.25, 0.3) is 5.56 Å². The lowest BCUT2D eigenvalue weighted by Gasteiger charge is -2.06. The molecule has 1 aromatic carbocycles. The van der Waals surface area contributed by atoms with Gasteiger partial charge in [-0.2, -0.15) is 5.26 Å². The largest absolute Gasteiger partial charge is 0.326 e. The van der Waals surface area contributed by atoms with Crippen molar-refractivity contribution in [2.75, 3.05) is 5.32 Å². The van der Waals surface area contributed by atoms with Gasteiger partial charge < -0.3 is 9.88 Å². The van der Waals surface area contributed by atoms with Crippen molar-refractivity contribution in [1.82, 2.24) is 4.57 Å². The molecule has 0 saturated carbocycles. The van der Waals surface area contributed by atoms with Crippen molar-refractivity contribution < 1.29 is 4.79 Å². The fraction of sp³-hybridized carbons (Fsp3) is 0.133. The van der Waals surface area contributed by atoms with E-state index in [9.17, 15) is 9.59 Å². The molecule has 0 aliphatic heterocycles. The molecule has 0 bridgehead atoms. The molecule has 1 amide bonds. The molecule has 1 aromatic heterocycles. The Labute approximate surface area is 116 Å². The number of amides is 1. The highest BCUT2D eigenvalue weighted by Crippen LogP contribution is 2.09. The maximum atomic E-state index is 11.8. The van der Waals surface area contributed by atoms with Crippen LogP contribution >= 0.6 is 0 Å². The maximum absolute atomic E-state index is 11.8. The van der Waals surface area contributed by atoms with E-state index in [1.807, 2.05) is 6.07 Å². The average molecular weight is 267 g/mol. The Kier molecular flexibility index (Phi) is 4.30. The lowest BCUT2D eigenvalue weighted by Crippen LogP contribution is -2.21. The highest BCUT2D eigenvalue weighted by atomic mass is 16.1. The normalized spacial score (nSPS) is 9.75. The molecule has 0 atom stereocenters. The Balaban J connectivity index is 1.91. The maximum Gasteiger partial charge on any atom is 0.250 e. The summed E-state index contributed by atoms with van der Waals surface area (Å²) in [6.07, 6.45) is 1.86. The molecule has 0 unspecified atom stereocenters. The molecule has 0 spiro atoms. The van der Waals surface area contributed by atoms with E-state index >= 15 is 0 Å². The van der Waals surface area contributed by atoms with Crippen LogP contribution in [0.1, 0.15) is 12.0 Å². The first-order chi connectivity index (χ1) is 9.69. The van der Waals surface area contributed by atoms with Crippen LogP contribution in [0.3, 0.4) is 0 Å². The van der Waals surface area contributed by atoms with E-state index in [0.29, 0.717) is 17.8 Å². The number of pyridine rings is 1. The van der Waals surface area contributed by atoms with Crippen LogP contribution in [0.2, 0.25) is 0 Å². The molecule has 5 nitrogen and oxygen atoms in total. The van der Waals surface area contributed by atoms with Crippen molar-refractivity contribution >= 4 is 11.6 Å². The molecule has 0 radical (unpaired) electrons. The molecule has 20 heavy (non-hydrogen) atoms. The van der Waals surface area contributed by atoms with Gasteiger partial charge in [0.2, 0.25) is 5.91 Å². The molecule has 1 heterocycles. The van der Waals surface area contributed by atoms with E-state index in [1.54, 1.807) is 42.6 Å². The van der Waals surface area contributed by atoms with E-state index in [4.69, 9.17) is 5.26 Å². The third kappa shape index (κ3) is 3.56. The van der Waals surface area contributed by atoms with Crippen LogP contribution < -0.4 is 10.9 Å². The van der Waals surface area contributed by atoms with Gasteiger partial charge in [0.1, 0.15) is 0 Å². The van der Waals surface area contributed by atoms with Crippen molar-refractivity contribution in [3.8, 4) is 6.07 Å². The molecule has 0 saturated heterocycles. The Morgan fingerprint density at radius 3 is 2.60 bits per heavy atom. The minimum atomic E-state index is -0.175. The number of anilines is 1. The van der Waals surface area contributed by atoms with Crippen molar-refractivity contribution in [3.63, 3.8) is 0 Å². The number of hydrogen-bond acceptors (Lipinski definition) is 3. The number of aromatic nitrogens is 1. The number of aryl methyl sites for hydroxylation is 1. The average Bonchev–Trinajstić information content (AvgIpc) is 2.47. The van der Waals surface area contributed by atoms with Gasteiger partial charge in [-0.3, -0.25) is 9.59 Å². The topological polar surface area (TPSA) is 74.9 Å². The zero-order chi connectivity index (χ0) is 14.4. The highest BCUT2D eigenvalue weighted by molar-refractivity contribution is 5.90. The summed E-state index contributed by atoms with van der Waals surface area (Å²) in [6, 6.07) is 13.5. The summed E-state index contributed by atoms with van der Waals surface area (Å²) >= 11 is 0. The number of carbonyl (C=O) groups is 1. The predicted molar refractivity (Wildman–Crippen MR) is 75.1 cm³/mol. The summed E-state index contributed by atoms with van der Waals surface area (Å²) in [5, 5.41) is 11.4. The molecule has 0 aliphatic rings. The number of nitriles is 1. The molecule has 1 N–H and O–H groups in total. The quantitative estimate of drug-likeness (QED) is 0.917. The predicted octanol–water partition coefficient (Wildman–Crippen LogP) is 1.75. The first-order valence-corrected chi connectivity index (χ1v) is 6.14. The monoisotopic (exact) mass is 267 g/mol. The van der Waals surface area contributed by atoms with Crippen LogP contribution in [0, 0.1) is 11.3 Å². The number of benzene rings is 1. The molecule has 0 aliphatic carbocycles. The standard InChI is InChI=1S/C15H13N3O2/c16-11-12-4-6-13(7-5-12)17-14(19)8-10-18-9-2-1-3-15(18)20/h1-7,9H,8,10H2,(H,17,19). The summed E-state index contributed by atoms with van der Waals surface area (Å²) in [4.78, 5) is 23.2. The number of carbonyl (C=O) groups excluding carboxylic acids is 1. The molecule has 5 heteroatoms. The lowest BCUT2D eigenvalue weighted by atomic mass is 10.2.